The van der Waals surface area contributed by atoms with Gasteiger partial charge in [-0.15, -0.1) is 12.3 Å². The first-order valence-corrected chi connectivity index (χ1v) is 3.47. The molecule has 0 radical (unpaired) electrons. The first-order valence-electron chi connectivity index (χ1n) is 3.47. The van der Waals surface area contributed by atoms with E-state index in [0.717, 1.165) is 13.0 Å². The highest BCUT2D eigenvalue weighted by atomic mass is 16.3. The molecule has 0 fully saturated rings. The Morgan fingerprint density at radius 2 is 2.30 bits per heavy atom. The monoisotopic (exact) mass is 141 g/mol. The molecular weight excluding hydrogens is 126 g/mol. The van der Waals surface area contributed by atoms with Crippen LogP contribution in [0.3, 0.4) is 0 Å². The summed E-state index contributed by atoms with van der Waals surface area (Å²) in [5.74, 6) is 2.55. The van der Waals surface area contributed by atoms with Gasteiger partial charge in [0.05, 0.1) is 6.61 Å². The van der Waals surface area contributed by atoms with Crippen molar-refractivity contribution in [1.29, 1.82) is 0 Å². The molecule has 0 aliphatic heterocycles. The number of nitrogens with zero attached hydrogens (tertiary/aromatic N) is 1. The fraction of sp³-hybridized carbons (Fsp3) is 0.750. The summed E-state index contributed by atoms with van der Waals surface area (Å²) in [7, 11) is 1.96. The van der Waals surface area contributed by atoms with E-state index in [0.29, 0.717) is 0 Å². The molecule has 0 saturated carbocycles. The van der Waals surface area contributed by atoms with Crippen molar-refractivity contribution < 1.29 is 5.11 Å². The van der Waals surface area contributed by atoms with Crippen molar-refractivity contribution in [2.45, 2.75) is 19.4 Å². The molecule has 0 spiro atoms. The van der Waals surface area contributed by atoms with E-state index in [-0.39, 0.29) is 12.6 Å². The first kappa shape index (κ1) is 9.48. The van der Waals surface area contributed by atoms with Gasteiger partial charge in [0, 0.05) is 19.0 Å². The van der Waals surface area contributed by atoms with Crippen LogP contribution in [0.4, 0.5) is 0 Å². The number of likely N-dealkylation sites (N-methyl/N-ethyl adjacent to an activating group) is 1. The van der Waals surface area contributed by atoms with Crippen LogP contribution in [0.2, 0.25) is 0 Å². The summed E-state index contributed by atoms with van der Waals surface area (Å²) in [4.78, 5) is 2.04. The van der Waals surface area contributed by atoms with Gasteiger partial charge in [-0.05, 0) is 14.0 Å². The molecule has 1 N–H and O–H groups in total. The summed E-state index contributed by atoms with van der Waals surface area (Å²) in [6, 6.07) is 0.216. The van der Waals surface area contributed by atoms with Crippen molar-refractivity contribution in [3.05, 3.63) is 0 Å². The van der Waals surface area contributed by atoms with Gasteiger partial charge in [-0.1, -0.05) is 0 Å². The number of aliphatic hydroxyl groups is 1. The zero-order chi connectivity index (χ0) is 7.98. The number of terminal acetylenes is 1. The largest absolute Gasteiger partial charge is 0.395 e. The molecule has 2 nitrogen and oxygen atoms in total. The molecule has 58 valence electrons. The van der Waals surface area contributed by atoms with E-state index in [2.05, 4.69) is 5.92 Å². The minimum Gasteiger partial charge on any atom is -0.395 e. The van der Waals surface area contributed by atoms with Crippen molar-refractivity contribution in [1.82, 2.24) is 4.90 Å². The Kier molecular flexibility index (Phi) is 5.00. The zero-order valence-corrected chi connectivity index (χ0v) is 6.67. The maximum Gasteiger partial charge on any atom is 0.0584 e. The summed E-state index contributed by atoms with van der Waals surface area (Å²) in [6.07, 6.45) is 5.83. The van der Waals surface area contributed by atoms with Gasteiger partial charge in [0.15, 0.2) is 0 Å². The van der Waals surface area contributed by atoms with Crippen LogP contribution in [0.5, 0.6) is 0 Å². The summed E-state index contributed by atoms with van der Waals surface area (Å²) in [5, 5.41) is 8.71. The van der Waals surface area contributed by atoms with Gasteiger partial charge in [0.1, 0.15) is 0 Å². The average Bonchev–Trinajstić information content (AvgIpc) is 1.98. The molecule has 0 aromatic rings. The SMILES string of the molecule is C#CCCN(C)[C@@H](C)CO. The van der Waals surface area contributed by atoms with Gasteiger partial charge in [-0.25, -0.2) is 0 Å². The van der Waals surface area contributed by atoms with Crippen molar-refractivity contribution in [3.8, 4) is 12.3 Å². The number of aliphatic hydroxyl groups excluding tert-OH is 1. The van der Waals surface area contributed by atoms with Crippen LogP contribution in [-0.4, -0.2) is 36.2 Å². The van der Waals surface area contributed by atoms with E-state index >= 15 is 0 Å². The van der Waals surface area contributed by atoms with Crippen LogP contribution in [0.25, 0.3) is 0 Å². The lowest BCUT2D eigenvalue weighted by molar-refractivity contribution is 0.161. The van der Waals surface area contributed by atoms with E-state index in [1.54, 1.807) is 0 Å². The normalized spacial score (nSPS) is 13.1. The van der Waals surface area contributed by atoms with Crippen LogP contribution < -0.4 is 0 Å². The van der Waals surface area contributed by atoms with Crippen molar-refractivity contribution >= 4 is 0 Å². The summed E-state index contributed by atoms with van der Waals surface area (Å²) >= 11 is 0. The molecule has 0 bridgehead atoms. The summed E-state index contributed by atoms with van der Waals surface area (Å²) < 4.78 is 0. The maximum absolute atomic E-state index is 8.71. The van der Waals surface area contributed by atoms with Crippen LogP contribution in [0.15, 0.2) is 0 Å². The molecular formula is C8H15NO. The molecule has 0 aliphatic carbocycles. The standard InChI is InChI=1S/C8H15NO/c1-4-5-6-9(3)8(2)7-10/h1,8,10H,5-7H2,2-3H3/t8-/m0/s1. The number of hydrogen-bond donors (Lipinski definition) is 1. The highest BCUT2D eigenvalue weighted by Crippen LogP contribution is 1.94. The Balaban J connectivity index is 3.43. The quantitative estimate of drug-likeness (QED) is 0.570. The molecule has 0 unspecified atom stereocenters. The van der Waals surface area contributed by atoms with Gasteiger partial charge < -0.3 is 10.0 Å². The third-order valence-corrected chi connectivity index (χ3v) is 1.63. The van der Waals surface area contributed by atoms with Gasteiger partial charge in [-0.2, -0.15) is 0 Å². The highest BCUT2D eigenvalue weighted by molar-refractivity contribution is 4.84. The predicted molar refractivity (Wildman–Crippen MR) is 42.6 cm³/mol. The Bertz CT molecular complexity index is 117. The lowest BCUT2D eigenvalue weighted by Crippen LogP contribution is -2.32. The Hall–Kier alpha value is -0.520. The minimum absolute atomic E-state index is 0.196. The molecule has 1 atom stereocenters. The predicted octanol–water partition coefficient (Wildman–Crippen LogP) is 0.322. The zero-order valence-electron chi connectivity index (χ0n) is 6.67. The van der Waals surface area contributed by atoms with Crippen molar-refractivity contribution in [2.24, 2.45) is 0 Å². The summed E-state index contributed by atoms with van der Waals surface area (Å²) in [6.45, 7) is 3.02. The molecule has 0 aliphatic rings. The molecule has 0 rings (SSSR count). The maximum atomic E-state index is 8.71. The van der Waals surface area contributed by atoms with E-state index in [1.807, 2.05) is 18.9 Å². The topological polar surface area (TPSA) is 23.5 Å². The molecule has 0 amide bonds. The number of hydrogen-bond acceptors (Lipinski definition) is 2. The van der Waals surface area contributed by atoms with Crippen LogP contribution in [0.1, 0.15) is 13.3 Å². The highest BCUT2D eigenvalue weighted by Gasteiger charge is 2.04. The molecule has 2 heteroatoms. The fourth-order valence-corrected chi connectivity index (χ4v) is 0.601. The molecule has 10 heavy (non-hydrogen) atoms. The first-order chi connectivity index (χ1) is 4.72. The lowest BCUT2D eigenvalue weighted by atomic mass is 10.3. The molecule has 0 saturated heterocycles. The van der Waals surface area contributed by atoms with Crippen molar-refractivity contribution in [2.75, 3.05) is 20.2 Å². The molecule has 0 aromatic carbocycles. The Labute approximate surface area is 62.8 Å². The molecule has 0 aromatic heterocycles. The van der Waals surface area contributed by atoms with Gasteiger partial charge >= 0.3 is 0 Å². The van der Waals surface area contributed by atoms with Gasteiger partial charge in [0.2, 0.25) is 0 Å². The smallest absolute Gasteiger partial charge is 0.0584 e. The molecule has 0 heterocycles. The van der Waals surface area contributed by atoms with Gasteiger partial charge in [-0.3, -0.25) is 0 Å². The van der Waals surface area contributed by atoms with Crippen LogP contribution >= 0.6 is 0 Å². The average molecular weight is 141 g/mol. The fourth-order valence-electron chi connectivity index (χ4n) is 0.601. The second-order valence-corrected chi connectivity index (χ2v) is 2.47. The van der Waals surface area contributed by atoms with Crippen LogP contribution in [-0.2, 0) is 0 Å². The second-order valence-electron chi connectivity index (χ2n) is 2.47. The van der Waals surface area contributed by atoms with E-state index < -0.39 is 0 Å². The van der Waals surface area contributed by atoms with Crippen LogP contribution in [0, 0.1) is 12.3 Å². The third-order valence-electron chi connectivity index (χ3n) is 1.63. The Morgan fingerprint density at radius 3 is 2.70 bits per heavy atom. The number of rotatable bonds is 4. The van der Waals surface area contributed by atoms with E-state index in [9.17, 15) is 0 Å². The summed E-state index contributed by atoms with van der Waals surface area (Å²) in [5.41, 5.74) is 0. The van der Waals surface area contributed by atoms with Gasteiger partial charge in [0.25, 0.3) is 0 Å². The third kappa shape index (κ3) is 3.49. The van der Waals surface area contributed by atoms with E-state index in [4.69, 9.17) is 11.5 Å². The van der Waals surface area contributed by atoms with E-state index in [1.165, 1.54) is 0 Å². The second kappa shape index (κ2) is 5.28. The van der Waals surface area contributed by atoms with Crippen molar-refractivity contribution in [3.63, 3.8) is 0 Å². The Morgan fingerprint density at radius 1 is 1.70 bits per heavy atom. The lowest BCUT2D eigenvalue weighted by Gasteiger charge is -2.21. The minimum atomic E-state index is 0.196.